The van der Waals surface area contributed by atoms with Crippen molar-refractivity contribution in [1.29, 1.82) is 0 Å². The van der Waals surface area contributed by atoms with Gasteiger partial charge in [0.15, 0.2) is 0 Å². The summed E-state index contributed by atoms with van der Waals surface area (Å²) in [6, 6.07) is 13.9. The highest BCUT2D eigenvalue weighted by atomic mass is 79.9. The second-order valence-electron chi connectivity index (χ2n) is 5.12. The number of aliphatic hydroxyl groups is 1. The van der Waals surface area contributed by atoms with Crippen molar-refractivity contribution in [3.8, 4) is 0 Å². The lowest BCUT2D eigenvalue weighted by molar-refractivity contribution is 0.0733. The lowest BCUT2D eigenvalue weighted by atomic mass is 10.1. The second kappa shape index (κ2) is 8.61. The van der Waals surface area contributed by atoms with Crippen LogP contribution in [0.5, 0.6) is 0 Å². The molecule has 0 aliphatic rings. The van der Waals surface area contributed by atoms with Gasteiger partial charge in [-0.25, -0.2) is 0 Å². The van der Waals surface area contributed by atoms with Gasteiger partial charge >= 0.3 is 0 Å². The van der Waals surface area contributed by atoms with Crippen molar-refractivity contribution in [2.24, 2.45) is 0 Å². The van der Waals surface area contributed by atoms with E-state index >= 15 is 0 Å². The number of rotatable bonds is 6. The number of amides is 2. The van der Waals surface area contributed by atoms with Gasteiger partial charge in [-0.15, -0.1) is 0 Å². The number of likely N-dealkylation sites (N-methyl/N-ethyl adjacent to an activating group) is 1. The molecule has 0 aliphatic carbocycles. The third-order valence-corrected chi connectivity index (χ3v) is 4.02. The molecule has 0 saturated carbocycles. The molecule has 0 fully saturated rings. The lowest BCUT2D eigenvalue weighted by Crippen LogP contribution is -2.34. The third kappa shape index (κ3) is 4.43. The van der Waals surface area contributed by atoms with Crippen molar-refractivity contribution < 1.29 is 14.7 Å². The molecule has 0 saturated heterocycles. The highest BCUT2D eigenvalue weighted by molar-refractivity contribution is 9.10. The van der Waals surface area contributed by atoms with Crippen LogP contribution in [-0.4, -0.2) is 41.5 Å². The first-order valence-electron chi connectivity index (χ1n) is 7.63. The van der Waals surface area contributed by atoms with Gasteiger partial charge in [0.05, 0.1) is 17.9 Å². The van der Waals surface area contributed by atoms with Crippen LogP contribution in [0.4, 0.5) is 5.69 Å². The summed E-state index contributed by atoms with van der Waals surface area (Å²) in [6.07, 6.45) is 0. The van der Waals surface area contributed by atoms with Crippen LogP contribution in [0.2, 0.25) is 0 Å². The average Bonchev–Trinajstić information content (AvgIpc) is 2.59. The molecular formula is C18H19BrN2O3. The number of para-hydroxylation sites is 1. The predicted molar refractivity (Wildman–Crippen MR) is 97.2 cm³/mol. The smallest absolute Gasteiger partial charge is 0.256 e. The fourth-order valence-corrected chi connectivity index (χ4v) is 2.70. The Balaban J connectivity index is 2.25. The van der Waals surface area contributed by atoms with Crippen molar-refractivity contribution in [3.63, 3.8) is 0 Å². The Morgan fingerprint density at radius 2 is 1.92 bits per heavy atom. The molecule has 0 aliphatic heterocycles. The number of hydrogen-bond acceptors (Lipinski definition) is 3. The Morgan fingerprint density at radius 3 is 2.58 bits per heavy atom. The Bertz CT molecular complexity index is 734. The molecule has 2 N–H and O–H groups in total. The Morgan fingerprint density at radius 1 is 1.17 bits per heavy atom. The summed E-state index contributed by atoms with van der Waals surface area (Å²) in [7, 11) is 0. The molecule has 0 heterocycles. The largest absolute Gasteiger partial charge is 0.395 e. The zero-order chi connectivity index (χ0) is 17.5. The summed E-state index contributed by atoms with van der Waals surface area (Å²) in [4.78, 5) is 26.6. The molecule has 24 heavy (non-hydrogen) atoms. The number of carbonyl (C=O) groups is 2. The topological polar surface area (TPSA) is 69.6 Å². The summed E-state index contributed by atoms with van der Waals surface area (Å²) < 4.78 is 0.805. The van der Waals surface area contributed by atoms with Gasteiger partial charge in [-0.1, -0.05) is 34.1 Å². The molecule has 2 rings (SSSR count). The SMILES string of the molecule is CCN(CCO)C(=O)c1ccccc1NC(=O)c1cccc(Br)c1. The zero-order valence-corrected chi connectivity index (χ0v) is 14.9. The predicted octanol–water partition coefficient (Wildman–Crippen LogP) is 3.16. The molecule has 0 atom stereocenters. The fraction of sp³-hybridized carbons (Fsp3) is 0.222. The molecule has 2 aromatic carbocycles. The quantitative estimate of drug-likeness (QED) is 0.795. The normalized spacial score (nSPS) is 10.3. The van der Waals surface area contributed by atoms with Crippen LogP contribution >= 0.6 is 15.9 Å². The Hall–Kier alpha value is -2.18. The molecule has 0 unspecified atom stereocenters. The van der Waals surface area contributed by atoms with Gasteiger partial charge in [-0.05, 0) is 37.3 Å². The van der Waals surface area contributed by atoms with Crippen molar-refractivity contribution >= 4 is 33.4 Å². The molecule has 0 radical (unpaired) electrons. The zero-order valence-electron chi connectivity index (χ0n) is 13.3. The van der Waals surface area contributed by atoms with Crippen molar-refractivity contribution in [2.45, 2.75) is 6.92 Å². The van der Waals surface area contributed by atoms with E-state index in [0.717, 1.165) is 4.47 Å². The number of halogens is 1. The van der Waals surface area contributed by atoms with E-state index < -0.39 is 0 Å². The molecule has 0 bridgehead atoms. The highest BCUT2D eigenvalue weighted by Crippen LogP contribution is 2.19. The number of carbonyl (C=O) groups excluding carboxylic acids is 2. The maximum Gasteiger partial charge on any atom is 0.256 e. The van der Waals surface area contributed by atoms with Crippen LogP contribution in [0.1, 0.15) is 27.6 Å². The number of aliphatic hydroxyl groups excluding tert-OH is 1. The Kier molecular flexibility index (Phi) is 6.52. The van der Waals surface area contributed by atoms with Crippen LogP contribution in [0.3, 0.4) is 0 Å². The van der Waals surface area contributed by atoms with Gasteiger partial charge in [0.2, 0.25) is 0 Å². The van der Waals surface area contributed by atoms with Gasteiger partial charge in [0.25, 0.3) is 11.8 Å². The van der Waals surface area contributed by atoms with Gasteiger partial charge in [-0.3, -0.25) is 9.59 Å². The van der Waals surface area contributed by atoms with Gasteiger partial charge < -0.3 is 15.3 Å². The summed E-state index contributed by atoms with van der Waals surface area (Å²) in [5, 5.41) is 11.9. The van der Waals surface area contributed by atoms with E-state index in [1.165, 1.54) is 4.90 Å². The minimum atomic E-state index is -0.290. The maximum atomic E-state index is 12.6. The number of benzene rings is 2. The maximum absolute atomic E-state index is 12.6. The molecule has 6 heteroatoms. The van der Waals surface area contributed by atoms with E-state index in [9.17, 15) is 9.59 Å². The highest BCUT2D eigenvalue weighted by Gasteiger charge is 2.18. The fourth-order valence-electron chi connectivity index (χ4n) is 2.30. The number of hydrogen-bond donors (Lipinski definition) is 2. The Labute approximate surface area is 149 Å². The van der Waals surface area contributed by atoms with E-state index in [4.69, 9.17) is 5.11 Å². The van der Waals surface area contributed by atoms with Gasteiger partial charge in [0, 0.05) is 23.1 Å². The standard InChI is InChI=1S/C18H19BrN2O3/c1-2-21(10-11-22)18(24)15-8-3-4-9-16(15)20-17(23)13-6-5-7-14(19)12-13/h3-9,12,22H,2,10-11H2,1H3,(H,20,23). The van der Waals surface area contributed by atoms with E-state index in [-0.39, 0.29) is 25.0 Å². The molecule has 0 aromatic heterocycles. The molecular weight excluding hydrogens is 372 g/mol. The molecule has 0 spiro atoms. The first kappa shape index (κ1) is 18.2. The van der Waals surface area contributed by atoms with Crippen molar-refractivity contribution in [1.82, 2.24) is 4.90 Å². The third-order valence-electron chi connectivity index (χ3n) is 3.53. The molecule has 2 amide bonds. The van der Waals surface area contributed by atoms with E-state index in [2.05, 4.69) is 21.2 Å². The van der Waals surface area contributed by atoms with Crippen LogP contribution in [0.15, 0.2) is 53.0 Å². The minimum Gasteiger partial charge on any atom is -0.395 e. The first-order valence-corrected chi connectivity index (χ1v) is 8.42. The minimum absolute atomic E-state index is 0.105. The summed E-state index contributed by atoms with van der Waals surface area (Å²) in [6.45, 7) is 2.47. The van der Waals surface area contributed by atoms with Gasteiger partial charge in [0.1, 0.15) is 0 Å². The second-order valence-corrected chi connectivity index (χ2v) is 6.03. The van der Waals surface area contributed by atoms with Crippen LogP contribution < -0.4 is 5.32 Å². The van der Waals surface area contributed by atoms with Crippen LogP contribution in [0.25, 0.3) is 0 Å². The van der Waals surface area contributed by atoms with Crippen LogP contribution in [0, 0.1) is 0 Å². The lowest BCUT2D eigenvalue weighted by Gasteiger charge is -2.21. The monoisotopic (exact) mass is 390 g/mol. The van der Waals surface area contributed by atoms with Gasteiger partial charge in [-0.2, -0.15) is 0 Å². The summed E-state index contributed by atoms with van der Waals surface area (Å²) in [5.74, 6) is -0.515. The number of nitrogens with one attached hydrogen (secondary N) is 1. The van der Waals surface area contributed by atoms with E-state index in [1.54, 1.807) is 42.5 Å². The average molecular weight is 391 g/mol. The van der Waals surface area contributed by atoms with E-state index in [1.807, 2.05) is 13.0 Å². The summed E-state index contributed by atoms with van der Waals surface area (Å²) in [5.41, 5.74) is 1.34. The van der Waals surface area contributed by atoms with E-state index in [0.29, 0.717) is 23.4 Å². The summed E-state index contributed by atoms with van der Waals surface area (Å²) >= 11 is 3.33. The number of anilines is 1. The van der Waals surface area contributed by atoms with Crippen molar-refractivity contribution in [2.75, 3.05) is 25.0 Å². The van der Waals surface area contributed by atoms with Crippen molar-refractivity contribution in [3.05, 3.63) is 64.1 Å². The first-order chi connectivity index (χ1) is 11.6. The number of nitrogens with zero attached hydrogens (tertiary/aromatic N) is 1. The molecule has 5 nitrogen and oxygen atoms in total. The molecule has 2 aromatic rings. The van der Waals surface area contributed by atoms with Crippen LogP contribution in [-0.2, 0) is 0 Å². The molecule has 126 valence electrons.